The fourth-order valence-electron chi connectivity index (χ4n) is 1.75. The molecule has 1 aromatic rings. The Morgan fingerprint density at radius 3 is 1.96 bits per heavy atom. The van der Waals surface area contributed by atoms with E-state index in [1.54, 1.807) is 0 Å². The topological polar surface area (TPSA) is 58.6 Å². The first-order valence-electron chi connectivity index (χ1n) is 5.77. The van der Waals surface area contributed by atoms with Crippen molar-refractivity contribution in [3.05, 3.63) is 23.5 Å². The van der Waals surface area contributed by atoms with E-state index in [0.29, 0.717) is 0 Å². The van der Waals surface area contributed by atoms with Crippen LogP contribution in [0.1, 0.15) is 12.5 Å². The number of methoxy groups -OCH3 is 1. The second kappa shape index (κ2) is 5.87. The Morgan fingerprint density at radius 1 is 1.13 bits per heavy atom. The van der Waals surface area contributed by atoms with E-state index >= 15 is 0 Å². The van der Waals surface area contributed by atoms with Crippen molar-refractivity contribution in [2.24, 2.45) is 0 Å². The van der Waals surface area contributed by atoms with Gasteiger partial charge < -0.3 is 15.2 Å². The van der Waals surface area contributed by atoms with Crippen molar-refractivity contribution in [3.8, 4) is 5.75 Å². The lowest BCUT2D eigenvalue weighted by atomic mass is 9.91. The molecule has 0 heterocycles. The Bertz CT molecular complexity index is 596. The Labute approximate surface area is 124 Å². The summed E-state index contributed by atoms with van der Waals surface area (Å²) in [5.74, 6) is -3.48. The van der Waals surface area contributed by atoms with Gasteiger partial charge in [-0.2, -0.15) is 26.3 Å². The van der Waals surface area contributed by atoms with Crippen LogP contribution in [0, 0.1) is 5.82 Å². The predicted octanol–water partition coefficient (Wildman–Crippen LogP) is 3.10. The predicted molar refractivity (Wildman–Crippen MR) is 63.3 cm³/mol. The minimum atomic E-state index is -6.24. The molecule has 0 saturated heterocycles. The van der Waals surface area contributed by atoms with Crippen molar-refractivity contribution in [1.29, 1.82) is 0 Å². The standard InChI is InChI=1S/C12H10F7NO3/c1-5(21)20-8-4-7(13)6(3-9(8)23-2)10(22,11(14,15)16)12(17,18)19/h3-4,22H,1-2H3,(H,20,21). The van der Waals surface area contributed by atoms with Crippen LogP contribution in [0.2, 0.25) is 0 Å². The third kappa shape index (κ3) is 3.33. The smallest absolute Gasteiger partial charge is 0.430 e. The van der Waals surface area contributed by atoms with Gasteiger partial charge in [0.15, 0.2) is 0 Å². The van der Waals surface area contributed by atoms with Gasteiger partial charge in [-0.25, -0.2) is 4.39 Å². The van der Waals surface area contributed by atoms with E-state index in [4.69, 9.17) is 0 Å². The maximum absolute atomic E-state index is 13.8. The molecule has 0 radical (unpaired) electrons. The number of ether oxygens (including phenoxy) is 1. The average molecular weight is 349 g/mol. The third-order valence-electron chi connectivity index (χ3n) is 2.81. The summed E-state index contributed by atoms with van der Waals surface area (Å²) in [5, 5.41) is 11.2. The number of hydrogen-bond acceptors (Lipinski definition) is 3. The van der Waals surface area contributed by atoms with E-state index < -0.39 is 46.7 Å². The van der Waals surface area contributed by atoms with Gasteiger partial charge in [-0.05, 0) is 6.07 Å². The van der Waals surface area contributed by atoms with Crippen molar-refractivity contribution >= 4 is 11.6 Å². The third-order valence-corrected chi connectivity index (χ3v) is 2.81. The first-order valence-corrected chi connectivity index (χ1v) is 5.77. The molecule has 0 atom stereocenters. The molecule has 4 nitrogen and oxygen atoms in total. The summed E-state index contributed by atoms with van der Waals surface area (Å²) < 4.78 is 94.9. The van der Waals surface area contributed by atoms with Crippen LogP contribution in [-0.4, -0.2) is 30.5 Å². The van der Waals surface area contributed by atoms with Crippen LogP contribution in [0.5, 0.6) is 5.75 Å². The highest BCUT2D eigenvalue weighted by molar-refractivity contribution is 5.90. The normalized spacial score (nSPS) is 13.0. The number of anilines is 1. The summed E-state index contributed by atoms with van der Waals surface area (Å²) in [6, 6.07) is 0.222. The molecule has 0 aliphatic carbocycles. The molecular formula is C12H10F7NO3. The molecule has 0 fully saturated rings. The monoisotopic (exact) mass is 349 g/mol. The van der Waals surface area contributed by atoms with E-state index in [0.717, 1.165) is 14.0 Å². The van der Waals surface area contributed by atoms with Crippen LogP contribution < -0.4 is 10.1 Å². The van der Waals surface area contributed by atoms with Crippen LogP contribution in [0.25, 0.3) is 0 Å². The molecule has 0 aromatic heterocycles. The van der Waals surface area contributed by atoms with Gasteiger partial charge in [0.2, 0.25) is 5.91 Å². The van der Waals surface area contributed by atoms with Crippen molar-refractivity contribution in [1.82, 2.24) is 0 Å². The number of benzene rings is 1. The zero-order valence-corrected chi connectivity index (χ0v) is 11.6. The maximum atomic E-state index is 13.8. The highest BCUT2D eigenvalue weighted by atomic mass is 19.4. The number of hydrogen-bond donors (Lipinski definition) is 2. The number of carbonyl (C=O) groups excluding carboxylic acids is 1. The number of rotatable bonds is 3. The molecule has 1 amide bonds. The average Bonchev–Trinajstić information content (AvgIpc) is 2.34. The number of amides is 1. The highest BCUT2D eigenvalue weighted by Gasteiger charge is 2.72. The first-order chi connectivity index (χ1) is 10.3. The Morgan fingerprint density at radius 2 is 1.61 bits per heavy atom. The summed E-state index contributed by atoms with van der Waals surface area (Å²) in [4.78, 5) is 10.9. The Balaban J connectivity index is 3.67. The van der Waals surface area contributed by atoms with Crippen molar-refractivity contribution < 1.29 is 45.4 Å². The van der Waals surface area contributed by atoms with Gasteiger partial charge >= 0.3 is 12.4 Å². The van der Waals surface area contributed by atoms with Gasteiger partial charge in [0.1, 0.15) is 11.6 Å². The molecule has 0 saturated carbocycles. The number of aliphatic hydroxyl groups is 1. The van der Waals surface area contributed by atoms with Gasteiger partial charge in [-0.1, -0.05) is 0 Å². The second-order valence-electron chi connectivity index (χ2n) is 4.42. The van der Waals surface area contributed by atoms with Gasteiger partial charge in [0.05, 0.1) is 12.8 Å². The van der Waals surface area contributed by atoms with Crippen molar-refractivity contribution in [2.45, 2.75) is 24.9 Å². The van der Waals surface area contributed by atoms with E-state index in [2.05, 4.69) is 4.74 Å². The maximum Gasteiger partial charge on any atom is 0.430 e. The number of nitrogens with one attached hydrogen (secondary N) is 1. The molecule has 1 aromatic carbocycles. The summed E-state index contributed by atoms with van der Waals surface area (Å²) in [6.45, 7) is 0.979. The van der Waals surface area contributed by atoms with E-state index in [1.807, 2.05) is 5.32 Å². The first kappa shape index (κ1) is 19.0. The van der Waals surface area contributed by atoms with Crippen LogP contribution in [0.4, 0.5) is 36.4 Å². The van der Waals surface area contributed by atoms with Crippen molar-refractivity contribution in [2.75, 3.05) is 12.4 Å². The number of alkyl halides is 6. The molecule has 1 rings (SSSR count). The summed E-state index contributed by atoms with van der Waals surface area (Å²) in [6.07, 6.45) is -12.5. The molecule has 0 aliphatic rings. The van der Waals surface area contributed by atoms with Gasteiger partial charge in [0, 0.05) is 18.6 Å². The highest BCUT2D eigenvalue weighted by Crippen LogP contribution is 2.51. The SMILES string of the molecule is COc1cc(C(O)(C(F)(F)F)C(F)(F)F)c(F)cc1NC(C)=O. The molecule has 0 bridgehead atoms. The molecule has 11 heteroatoms. The minimum absolute atomic E-state index is 0.0294. The molecule has 2 N–H and O–H groups in total. The van der Waals surface area contributed by atoms with E-state index in [1.165, 1.54) is 0 Å². The quantitative estimate of drug-likeness (QED) is 0.825. The molecule has 0 unspecified atom stereocenters. The van der Waals surface area contributed by atoms with Crippen LogP contribution in [0.15, 0.2) is 12.1 Å². The summed E-state index contributed by atoms with van der Waals surface area (Å²) in [5.41, 5.74) is -8.03. The fourth-order valence-corrected chi connectivity index (χ4v) is 1.75. The Hall–Kier alpha value is -2.04. The van der Waals surface area contributed by atoms with Crippen molar-refractivity contribution in [3.63, 3.8) is 0 Å². The minimum Gasteiger partial charge on any atom is -0.495 e. The van der Waals surface area contributed by atoms with Crippen LogP contribution in [-0.2, 0) is 10.4 Å². The number of halogens is 7. The molecular weight excluding hydrogens is 339 g/mol. The van der Waals surface area contributed by atoms with Gasteiger partial charge in [-0.15, -0.1) is 0 Å². The Kier molecular flexibility index (Phi) is 4.85. The van der Waals surface area contributed by atoms with Crippen LogP contribution >= 0.6 is 0 Å². The lowest BCUT2D eigenvalue weighted by Gasteiger charge is -2.33. The largest absolute Gasteiger partial charge is 0.495 e. The summed E-state index contributed by atoms with van der Waals surface area (Å²) in [7, 11) is 0.878. The molecule has 23 heavy (non-hydrogen) atoms. The lowest BCUT2D eigenvalue weighted by molar-refractivity contribution is -0.377. The fraction of sp³-hybridized carbons (Fsp3) is 0.417. The summed E-state index contributed by atoms with van der Waals surface area (Å²) >= 11 is 0. The molecule has 130 valence electrons. The second-order valence-corrected chi connectivity index (χ2v) is 4.42. The van der Waals surface area contributed by atoms with Crippen LogP contribution in [0.3, 0.4) is 0 Å². The van der Waals surface area contributed by atoms with Gasteiger partial charge in [-0.3, -0.25) is 4.79 Å². The molecule has 0 aliphatic heterocycles. The van der Waals surface area contributed by atoms with E-state index in [-0.39, 0.29) is 12.1 Å². The molecule has 0 spiro atoms. The number of carbonyl (C=O) groups is 1. The zero-order valence-electron chi connectivity index (χ0n) is 11.6. The van der Waals surface area contributed by atoms with E-state index in [9.17, 15) is 40.6 Å². The van der Waals surface area contributed by atoms with Gasteiger partial charge in [0.25, 0.3) is 5.60 Å². The lowest BCUT2D eigenvalue weighted by Crippen LogP contribution is -2.54. The zero-order chi connectivity index (χ0) is 18.2.